The molecule has 0 aliphatic heterocycles. The number of ether oxygens (including phenoxy) is 1. The van der Waals surface area contributed by atoms with E-state index in [9.17, 15) is 9.90 Å². The van der Waals surface area contributed by atoms with Crippen LogP contribution in [0.1, 0.15) is 24.2 Å². The third kappa shape index (κ3) is 7.21. The average molecular weight is 391 g/mol. The SMILES string of the molecule is CC(Cc1ccc(OCC(=O)N(C)C)cc1)NCC(O)c1cccc(Cl)c1. The summed E-state index contributed by atoms with van der Waals surface area (Å²) in [6.07, 6.45) is 0.218. The molecule has 0 bridgehead atoms. The van der Waals surface area contributed by atoms with Gasteiger partial charge < -0.3 is 20.1 Å². The van der Waals surface area contributed by atoms with E-state index in [-0.39, 0.29) is 18.6 Å². The lowest BCUT2D eigenvalue weighted by molar-refractivity contribution is -0.130. The number of halogens is 1. The number of nitrogens with one attached hydrogen (secondary N) is 1. The fraction of sp³-hybridized carbons (Fsp3) is 0.381. The molecule has 2 N–H and O–H groups in total. The molecule has 146 valence electrons. The van der Waals surface area contributed by atoms with Crippen molar-refractivity contribution in [2.75, 3.05) is 27.2 Å². The third-order valence-corrected chi connectivity index (χ3v) is 4.45. The highest BCUT2D eigenvalue weighted by Gasteiger charge is 2.11. The number of aliphatic hydroxyl groups excluding tert-OH is 1. The summed E-state index contributed by atoms with van der Waals surface area (Å²) >= 11 is 5.96. The summed E-state index contributed by atoms with van der Waals surface area (Å²) in [4.78, 5) is 13.0. The fourth-order valence-corrected chi connectivity index (χ4v) is 2.76. The number of hydrogen-bond donors (Lipinski definition) is 2. The van der Waals surface area contributed by atoms with Crippen LogP contribution < -0.4 is 10.1 Å². The third-order valence-electron chi connectivity index (χ3n) is 4.22. The van der Waals surface area contributed by atoms with Gasteiger partial charge in [-0.3, -0.25) is 4.79 Å². The minimum absolute atomic E-state index is 0.0334. The van der Waals surface area contributed by atoms with Crippen LogP contribution in [0.2, 0.25) is 5.02 Å². The first-order chi connectivity index (χ1) is 12.8. The maximum atomic E-state index is 11.5. The van der Waals surface area contributed by atoms with E-state index in [1.54, 1.807) is 26.2 Å². The van der Waals surface area contributed by atoms with Gasteiger partial charge in [-0.15, -0.1) is 0 Å². The van der Waals surface area contributed by atoms with Gasteiger partial charge in [-0.25, -0.2) is 0 Å². The Kier molecular flexibility index (Phi) is 8.10. The summed E-state index contributed by atoms with van der Waals surface area (Å²) in [5.74, 6) is 0.598. The van der Waals surface area contributed by atoms with Gasteiger partial charge in [0.25, 0.3) is 5.91 Å². The zero-order chi connectivity index (χ0) is 19.8. The van der Waals surface area contributed by atoms with Crippen LogP contribution in [0.4, 0.5) is 0 Å². The first-order valence-electron chi connectivity index (χ1n) is 8.94. The van der Waals surface area contributed by atoms with Gasteiger partial charge >= 0.3 is 0 Å². The number of aliphatic hydroxyl groups is 1. The molecule has 0 saturated carbocycles. The first kappa shape index (κ1) is 21.2. The van der Waals surface area contributed by atoms with Crippen molar-refractivity contribution >= 4 is 17.5 Å². The lowest BCUT2D eigenvalue weighted by atomic mass is 10.1. The molecule has 0 saturated heterocycles. The topological polar surface area (TPSA) is 61.8 Å². The van der Waals surface area contributed by atoms with Crippen LogP contribution in [0.25, 0.3) is 0 Å². The Morgan fingerprint density at radius 2 is 1.93 bits per heavy atom. The lowest BCUT2D eigenvalue weighted by Gasteiger charge is -2.18. The van der Waals surface area contributed by atoms with Gasteiger partial charge in [0.2, 0.25) is 0 Å². The number of carbonyl (C=O) groups excluding carboxylic acids is 1. The largest absolute Gasteiger partial charge is 0.484 e. The van der Waals surface area contributed by atoms with Crippen molar-refractivity contribution in [1.82, 2.24) is 10.2 Å². The summed E-state index contributed by atoms with van der Waals surface area (Å²) in [6.45, 7) is 2.56. The van der Waals surface area contributed by atoms with Crippen molar-refractivity contribution in [3.8, 4) is 5.75 Å². The molecular weight excluding hydrogens is 364 g/mol. The Balaban J connectivity index is 1.78. The van der Waals surface area contributed by atoms with Gasteiger partial charge in [-0.1, -0.05) is 35.9 Å². The standard InChI is InChI=1S/C21H27ClN2O3/c1-15(23-13-20(25)17-5-4-6-18(22)12-17)11-16-7-9-19(10-8-16)27-14-21(26)24(2)3/h4-10,12,15,20,23,25H,11,13-14H2,1-3H3. The molecule has 0 radical (unpaired) electrons. The van der Waals surface area contributed by atoms with Crippen LogP contribution in [0.15, 0.2) is 48.5 Å². The molecule has 0 heterocycles. The number of hydrogen-bond acceptors (Lipinski definition) is 4. The van der Waals surface area contributed by atoms with Crippen LogP contribution in [-0.2, 0) is 11.2 Å². The Bertz CT molecular complexity index is 734. The van der Waals surface area contributed by atoms with Crippen LogP contribution in [0.5, 0.6) is 5.75 Å². The van der Waals surface area contributed by atoms with Gasteiger partial charge in [-0.2, -0.15) is 0 Å². The Labute approximate surface area is 165 Å². The van der Waals surface area contributed by atoms with E-state index < -0.39 is 6.10 Å². The summed E-state index contributed by atoms with van der Waals surface area (Å²) in [6, 6.07) is 15.2. The molecule has 0 aromatic heterocycles. The van der Waals surface area contributed by atoms with Crippen molar-refractivity contribution in [2.24, 2.45) is 0 Å². The molecule has 27 heavy (non-hydrogen) atoms. The smallest absolute Gasteiger partial charge is 0.259 e. The normalized spacial score (nSPS) is 13.1. The molecule has 2 aromatic carbocycles. The van der Waals surface area contributed by atoms with Crippen molar-refractivity contribution in [2.45, 2.75) is 25.5 Å². The second-order valence-electron chi connectivity index (χ2n) is 6.81. The second kappa shape index (κ2) is 10.3. The average Bonchev–Trinajstić information content (AvgIpc) is 2.65. The molecule has 0 aliphatic carbocycles. The Hall–Kier alpha value is -2.08. The van der Waals surface area contributed by atoms with Crippen molar-refractivity contribution in [3.63, 3.8) is 0 Å². The summed E-state index contributed by atoms with van der Waals surface area (Å²) < 4.78 is 5.48. The maximum absolute atomic E-state index is 11.5. The molecule has 0 spiro atoms. The molecule has 2 rings (SSSR count). The van der Waals surface area contributed by atoms with Crippen molar-refractivity contribution in [3.05, 3.63) is 64.7 Å². The molecule has 6 heteroatoms. The molecule has 2 atom stereocenters. The Morgan fingerprint density at radius 3 is 2.56 bits per heavy atom. The van der Waals surface area contributed by atoms with Gasteiger partial charge in [0.15, 0.2) is 6.61 Å². The monoisotopic (exact) mass is 390 g/mol. The minimum atomic E-state index is -0.601. The highest BCUT2D eigenvalue weighted by Crippen LogP contribution is 2.18. The number of carbonyl (C=O) groups is 1. The minimum Gasteiger partial charge on any atom is -0.484 e. The molecule has 5 nitrogen and oxygen atoms in total. The fourth-order valence-electron chi connectivity index (χ4n) is 2.57. The van der Waals surface area contributed by atoms with Crippen LogP contribution in [0, 0.1) is 0 Å². The second-order valence-corrected chi connectivity index (χ2v) is 7.24. The van der Waals surface area contributed by atoms with Gasteiger partial charge in [0.1, 0.15) is 5.75 Å². The van der Waals surface area contributed by atoms with Crippen molar-refractivity contribution in [1.29, 1.82) is 0 Å². The van der Waals surface area contributed by atoms with Crippen molar-refractivity contribution < 1.29 is 14.6 Å². The zero-order valence-corrected chi connectivity index (χ0v) is 16.7. The van der Waals surface area contributed by atoms with E-state index >= 15 is 0 Å². The van der Waals surface area contributed by atoms with E-state index in [2.05, 4.69) is 12.2 Å². The number of rotatable bonds is 9. The zero-order valence-electron chi connectivity index (χ0n) is 16.0. The highest BCUT2D eigenvalue weighted by atomic mass is 35.5. The number of amides is 1. The molecule has 1 amide bonds. The quantitative estimate of drug-likeness (QED) is 0.690. The number of benzene rings is 2. The predicted octanol–water partition coefficient (Wildman–Crippen LogP) is 3.06. The Morgan fingerprint density at radius 1 is 1.22 bits per heavy atom. The first-order valence-corrected chi connectivity index (χ1v) is 9.31. The highest BCUT2D eigenvalue weighted by molar-refractivity contribution is 6.30. The maximum Gasteiger partial charge on any atom is 0.259 e. The van der Waals surface area contributed by atoms with Crippen LogP contribution in [-0.4, -0.2) is 49.2 Å². The predicted molar refractivity (Wildman–Crippen MR) is 108 cm³/mol. The molecular formula is C21H27ClN2O3. The summed E-state index contributed by atoms with van der Waals surface area (Å²) in [5.41, 5.74) is 1.95. The van der Waals surface area contributed by atoms with E-state index in [0.29, 0.717) is 17.3 Å². The van der Waals surface area contributed by atoms with E-state index in [4.69, 9.17) is 16.3 Å². The summed E-state index contributed by atoms with van der Waals surface area (Å²) in [7, 11) is 3.40. The van der Waals surface area contributed by atoms with Gasteiger partial charge in [-0.05, 0) is 48.7 Å². The van der Waals surface area contributed by atoms with E-state index in [1.807, 2.05) is 36.4 Å². The number of nitrogens with zero attached hydrogens (tertiary/aromatic N) is 1. The van der Waals surface area contributed by atoms with E-state index in [0.717, 1.165) is 17.5 Å². The summed E-state index contributed by atoms with van der Waals surface area (Å²) in [5, 5.41) is 14.2. The lowest BCUT2D eigenvalue weighted by Crippen LogP contribution is -2.32. The molecule has 2 unspecified atom stereocenters. The van der Waals surface area contributed by atoms with Crippen LogP contribution in [0.3, 0.4) is 0 Å². The molecule has 0 aliphatic rings. The molecule has 0 fully saturated rings. The number of likely N-dealkylation sites (N-methyl/N-ethyl adjacent to an activating group) is 1. The van der Waals surface area contributed by atoms with Crippen LogP contribution >= 0.6 is 11.6 Å². The van der Waals surface area contributed by atoms with Gasteiger partial charge in [0, 0.05) is 31.7 Å². The molecule has 2 aromatic rings. The van der Waals surface area contributed by atoms with E-state index in [1.165, 1.54) is 4.90 Å². The van der Waals surface area contributed by atoms with Gasteiger partial charge in [0.05, 0.1) is 6.10 Å².